The summed E-state index contributed by atoms with van der Waals surface area (Å²) < 4.78 is 5.74. The van der Waals surface area contributed by atoms with Gasteiger partial charge >= 0.3 is 0 Å². The Kier molecular flexibility index (Phi) is 4.11. The maximum absolute atomic E-state index is 9.98. The Bertz CT molecular complexity index is 255. The van der Waals surface area contributed by atoms with Crippen molar-refractivity contribution in [2.75, 3.05) is 6.61 Å². The van der Waals surface area contributed by atoms with Crippen LogP contribution in [-0.4, -0.2) is 36.0 Å². The number of aliphatic hydroxyl groups excluding tert-OH is 1. The minimum absolute atomic E-state index is 0.148. The van der Waals surface area contributed by atoms with Gasteiger partial charge in [-0.25, -0.2) is 0 Å². The van der Waals surface area contributed by atoms with Crippen molar-refractivity contribution >= 4 is 0 Å². The molecular weight excluding hydrogens is 214 g/mol. The van der Waals surface area contributed by atoms with Crippen molar-refractivity contribution in [2.45, 2.75) is 77.2 Å². The molecule has 2 saturated carbocycles. The zero-order valence-corrected chi connectivity index (χ0v) is 11.4. The van der Waals surface area contributed by atoms with Crippen LogP contribution in [0.1, 0.15) is 52.9 Å². The van der Waals surface area contributed by atoms with Crippen LogP contribution in [0.5, 0.6) is 0 Å². The molecule has 3 nitrogen and oxygen atoms in total. The van der Waals surface area contributed by atoms with Crippen molar-refractivity contribution in [3.8, 4) is 0 Å². The van der Waals surface area contributed by atoms with Crippen LogP contribution < -0.4 is 5.32 Å². The number of nitrogens with one attached hydrogen (secondary N) is 1. The second-order valence-corrected chi connectivity index (χ2v) is 6.18. The van der Waals surface area contributed by atoms with Crippen LogP contribution in [0.25, 0.3) is 0 Å². The largest absolute Gasteiger partial charge is 0.392 e. The van der Waals surface area contributed by atoms with Gasteiger partial charge in [0.05, 0.1) is 12.2 Å². The molecule has 0 aromatic carbocycles. The first-order valence-electron chi connectivity index (χ1n) is 7.11. The van der Waals surface area contributed by atoms with Gasteiger partial charge in [0.2, 0.25) is 0 Å². The Hall–Kier alpha value is -0.120. The van der Waals surface area contributed by atoms with E-state index in [4.69, 9.17) is 4.74 Å². The van der Waals surface area contributed by atoms with Crippen molar-refractivity contribution in [1.82, 2.24) is 5.32 Å². The van der Waals surface area contributed by atoms with Gasteiger partial charge in [-0.05, 0) is 26.2 Å². The first-order chi connectivity index (χ1) is 8.05. The summed E-state index contributed by atoms with van der Waals surface area (Å²) in [6.07, 6.45) is 5.82. The van der Waals surface area contributed by atoms with E-state index in [2.05, 4.69) is 26.1 Å². The van der Waals surface area contributed by atoms with Crippen LogP contribution in [0.4, 0.5) is 0 Å². The summed E-state index contributed by atoms with van der Waals surface area (Å²) >= 11 is 0. The predicted molar refractivity (Wildman–Crippen MR) is 69.0 cm³/mol. The van der Waals surface area contributed by atoms with Crippen molar-refractivity contribution in [3.05, 3.63) is 0 Å². The summed E-state index contributed by atoms with van der Waals surface area (Å²) in [5, 5.41) is 13.6. The Balaban J connectivity index is 1.84. The van der Waals surface area contributed by atoms with Gasteiger partial charge in [-0.3, -0.25) is 0 Å². The third-order valence-corrected chi connectivity index (χ3v) is 4.69. The van der Waals surface area contributed by atoms with E-state index in [1.807, 2.05) is 0 Å². The predicted octanol–water partition coefficient (Wildman–Crippen LogP) is 2.08. The second kappa shape index (κ2) is 5.25. The summed E-state index contributed by atoms with van der Waals surface area (Å²) in [7, 11) is 0. The topological polar surface area (TPSA) is 41.5 Å². The summed E-state index contributed by atoms with van der Waals surface area (Å²) in [4.78, 5) is 0. The van der Waals surface area contributed by atoms with Gasteiger partial charge in [-0.15, -0.1) is 0 Å². The van der Waals surface area contributed by atoms with E-state index in [-0.39, 0.29) is 11.5 Å². The van der Waals surface area contributed by atoms with Gasteiger partial charge < -0.3 is 15.2 Å². The number of ether oxygens (including phenoxy) is 1. The van der Waals surface area contributed by atoms with E-state index in [1.54, 1.807) is 0 Å². The van der Waals surface area contributed by atoms with E-state index in [0.29, 0.717) is 18.2 Å². The van der Waals surface area contributed by atoms with Crippen molar-refractivity contribution in [3.63, 3.8) is 0 Å². The number of rotatable bonds is 4. The molecule has 0 heterocycles. The molecule has 0 saturated heterocycles. The quantitative estimate of drug-likeness (QED) is 0.792. The summed E-state index contributed by atoms with van der Waals surface area (Å²) in [6, 6.07) is 0.799. The number of aliphatic hydroxyl groups is 1. The van der Waals surface area contributed by atoms with Crippen molar-refractivity contribution < 1.29 is 9.84 Å². The van der Waals surface area contributed by atoms with Gasteiger partial charge in [0, 0.05) is 24.1 Å². The van der Waals surface area contributed by atoms with Crippen LogP contribution in [0, 0.1) is 5.41 Å². The highest BCUT2D eigenvalue weighted by Crippen LogP contribution is 2.43. The molecule has 2 unspecified atom stereocenters. The molecule has 17 heavy (non-hydrogen) atoms. The Morgan fingerprint density at radius 1 is 1.29 bits per heavy atom. The lowest BCUT2D eigenvalue weighted by Gasteiger charge is -2.53. The van der Waals surface area contributed by atoms with Crippen LogP contribution in [0.2, 0.25) is 0 Å². The van der Waals surface area contributed by atoms with E-state index in [1.165, 1.54) is 12.8 Å². The highest BCUT2D eigenvalue weighted by Gasteiger charge is 2.49. The fourth-order valence-corrected chi connectivity index (χ4v) is 3.22. The summed E-state index contributed by atoms with van der Waals surface area (Å²) in [5.74, 6) is 0. The van der Waals surface area contributed by atoms with Gasteiger partial charge in [0.1, 0.15) is 0 Å². The van der Waals surface area contributed by atoms with Crippen molar-refractivity contribution in [2.24, 2.45) is 5.41 Å². The monoisotopic (exact) mass is 241 g/mol. The molecule has 0 spiro atoms. The normalized spacial score (nSPS) is 40.9. The second-order valence-electron chi connectivity index (χ2n) is 6.18. The van der Waals surface area contributed by atoms with E-state index in [0.717, 1.165) is 25.9 Å². The SMILES string of the molecule is CCOC1CC(N[C@@H]2CCCC[C@H]2O)C1(C)C. The molecule has 4 atom stereocenters. The van der Waals surface area contributed by atoms with E-state index >= 15 is 0 Å². The molecule has 3 heteroatoms. The molecular formula is C14H27NO2. The Morgan fingerprint density at radius 2 is 2.00 bits per heavy atom. The van der Waals surface area contributed by atoms with Gasteiger partial charge in [0.25, 0.3) is 0 Å². The molecule has 2 N–H and O–H groups in total. The Labute approximate surface area is 105 Å². The molecule has 0 bridgehead atoms. The molecule has 2 fully saturated rings. The fourth-order valence-electron chi connectivity index (χ4n) is 3.22. The first kappa shape index (κ1) is 13.3. The zero-order chi connectivity index (χ0) is 12.5. The minimum Gasteiger partial charge on any atom is -0.392 e. The molecule has 0 aromatic heterocycles. The minimum atomic E-state index is -0.148. The molecule has 100 valence electrons. The van der Waals surface area contributed by atoms with Gasteiger partial charge in [-0.1, -0.05) is 26.7 Å². The number of hydrogen-bond donors (Lipinski definition) is 2. The molecule has 2 rings (SSSR count). The summed E-state index contributed by atoms with van der Waals surface area (Å²) in [5.41, 5.74) is 0.202. The maximum atomic E-state index is 9.98. The van der Waals surface area contributed by atoms with Gasteiger partial charge in [-0.2, -0.15) is 0 Å². The Morgan fingerprint density at radius 3 is 2.59 bits per heavy atom. The highest BCUT2D eigenvalue weighted by molar-refractivity contribution is 5.04. The third-order valence-electron chi connectivity index (χ3n) is 4.69. The van der Waals surface area contributed by atoms with Crippen LogP contribution in [0.3, 0.4) is 0 Å². The zero-order valence-electron chi connectivity index (χ0n) is 11.4. The average molecular weight is 241 g/mol. The lowest BCUT2D eigenvalue weighted by molar-refractivity contribution is -0.120. The number of hydrogen-bond acceptors (Lipinski definition) is 3. The molecule has 2 aliphatic rings. The van der Waals surface area contributed by atoms with Crippen LogP contribution in [0.15, 0.2) is 0 Å². The summed E-state index contributed by atoms with van der Waals surface area (Å²) in [6.45, 7) is 7.39. The fraction of sp³-hybridized carbons (Fsp3) is 1.00. The molecule has 0 aromatic rings. The van der Waals surface area contributed by atoms with Crippen molar-refractivity contribution in [1.29, 1.82) is 0 Å². The maximum Gasteiger partial charge on any atom is 0.0693 e. The van der Waals surface area contributed by atoms with E-state index < -0.39 is 0 Å². The molecule has 0 radical (unpaired) electrons. The molecule has 2 aliphatic carbocycles. The third kappa shape index (κ3) is 2.67. The standard InChI is InChI=1S/C14H27NO2/c1-4-17-13-9-12(14(13,2)3)15-10-7-5-6-8-11(10)16/h10-13,15-16H,4-9H2,1-3H3/t10-,11-,12?,13?/m1/s1. The molecule has 0 aliphatic heterocycles. The highest BCUT2D eigenvalue weighted by atomic mass is 16.5. The van der Waals surface area contributed by atoms with Gasteiger partial charge in [0.15, 0.2) is 0 Å². The van der Waals surface area contributed by atoms with Crippen LogP contribution >= 0.6 is 0 Å². The lowest BCUT2D eigenvalue weighted by Crippen LogP contribution is -2.64. The lowest BCUT2D eigenvalue weighted by atomic mass is 9.64. The first-order valence-corrected chi connectivity index (χ1v) is 7.11. The molecule has 0 amide bonds. The van der Waals surface area contributed by atoms with Crippen LogP contribution in [-0.2, 0) is 4.74 Å². The van der Waals surface area contributed by atoms with E-state index in [9.17, 15) is 5.11 Å². The average Bonchev–Trinajstić information content (AvgIpc) is 2.30. The smallest absolute Gasteiger partial charge is 0.0693 e.